The van der Waals surface area contributed by atoms with Crippen LogP contribution in [0.1, 0.15) is 108 Å². The Labute approximate surface area is 308 Å². The molecular weight excluding hydrogens is 656 g/mol. The molecule has 0 aliphatic carbocycles. The van der Waals surface area contributed by atoms with Gasteiger partial charge in [-0.3, -0.25) is 0 Å². The number of carbonyl (C=O) groups excluding carboxylic acids is 4. The highest BCUT2D eigenvalue weighted by Crippen LogP contribution is 2.22. The van der Waals surface area contributed by atoms with Crippen molar-refractivity contribution in [2.24, 2.45) is 11.8 Å². The summed E-state index contributed by atoms with van der Waals surface area (Å²) in [6, 6.07) is 35.7. The van der Waals surface area contributed by atoms with Crippen LogP contribution in [0.15, 0.2) is 121 Å². The van der Waals surface area contributed by atoms with E-state index < -0.39 is 0 Å². The van der Waals surface area contributed by atoms with Crippen molar-refractivity contribution in [2.75, 3.05) is 13.2 Å². The van der Waals surface area contributed by atoms with Crippen LogP contribution >= 0.6 is 0 Å². The van der Waals surface area contributed by atoms with Gasteiger partial charge in [-0.15, -0.1) is 0 Å². The van der Waals surface area contributed by atoms with Crippen molar-refractivity contribution in [1.29, 1.82) is 0 Å². The van der Waals surface area contributed by atoms with Gasteiger partial charge < -0.3 is 18.9 Å². The Hall–Kier alpha value is -5.24. The second kappa shape index (κ2) is 23.3. The molecule has 0 N–H and O–H groups in total. The van der Waals surface area contributed by atoms with Crippen molar-refractivity contribution in [2.45, 2.75) is 78.4 Å². The van der Waals surface area contributed by atoms with Gasteiger partial charge in [0.1, 0.15) is 12.2 Å². The first-order chi connectivity index (χ1) is 25.3. The van der Waals surface area contributed by atoms with Gasteiger partial charge in [-0.25, -0.2) is 19.2 Å². The highest BCUT2D eigenvalue weighted by Gasteiger charge is 2.27. The first kappa shape index (κ1) is 41.2. The Morgan fingerprint density at radius 1 is 0.442 bits per heavy atom. The van der Waals surface area contributed by atoms with Crippen LogP contribution in [0.2, 0.25) is 0 Å². The molecule has 0 spiro atoms. The Bertz CT molecular complexity index is 1610. The summed E-state index contributed by atoms with van der Waals surface area (Å²) in [4.78, 5) is 49.0. The molecule has 0 aromatic heterocycles. The topological polar surface area (TPSA) is 105 Å². The van der Waals surface area contributed by atoms with Gasteiger partial charge in [-0.1, -0.05) is 113 Å². The maximum atomic E-state index is 12.4. The quantitative estimate of drug-likeness (QED) is 0.0743. The molecule has 0 saturated heterocycles. The summed E-state index contributed by atoms with van der Waals surface area (Å²) in [6.45, 7) is 8.54. The summed E-state index contributed by atoms with van der Waals surface area (Å²) in [5.41, 5.74) is 2.11. The van der Waals surface area contributed by atoms with Crippen LogP contribution in [0.3, 0.4) is 0 Å². The molecule has 8 nitrogen and oxygen atoms in total. The summed E-state index contributed by atoms with van der Waals surface area (Å²) in [7, 11) is 0. The Kier molecular flexibility index (Phi) is 18.4. The molecule has 4 atom stereocenters. The molecule has 4 aromatic rings. The first-order valence-corrected chi connectivity index (χ1v) is 18.3. The second-order valence-corrected chi connectivity index (χ2v) is 12.4. The SMILES string of the molecule is CCC(COC(=O)c1ccccc1)C(CC)OC(=O)c1ccccc1.CCCCC(COC(=O)c1ccccc1)C(CC)OC(=O)c1ccccc1. The third-order valence-corrected chi connectivity index (χ3v) is 8.72. The minimum absolute atomic E-state index is 0.0183. The minimum atomic E-state index is -0.358. The van der Waals surface area contributed by atoms with Crippen LogP contribution in [0.5, 0.6) is 0 Å². The summed E-state index contributed by atoms with van der Waals surface area (Å²) in [6.07, 6.45) is 4.39. The van der Waals surface area contributed by atoms with Crippen LogP contribution in [0.25, 0.3) is 0 Å². The molecule has 4 aromatic carbocycles. The van der Waals surface area contributed by atoms with E-state index >= 15 is 0 Å². The van der Waals surface area contributed by atoms with Crippen LogP contribution in [-0.4, -0.2) is 49.3 Å². The van der Waals surface area contributed by atoms with Gasteiger partial charge in [0.05, 0.1) is 35.5 Å². The average Bonchev–Trinajstić information content (AvgIpc) is 3.21. The van der Waals surface area contributed by atoms with Gasteiger partial charge in [-0.05, 0) is 74.2 Å². The van der Waals surface area contributed by atoms with E-state index in [2.05, 4.69) is 6.92 Å². The molecule has 0 radical (unpaired) electrons. The molecule has 0 amide bonds. The molecule has 0 bridgehead atoms. The highest BCUT2D eigenvalue weighted by atomic mass is 16.6. The number of ether oxygens (including phenoxy) is 4. The van der Waals surface area contributed by atoms with Gasteiger partial charge >= 0.3 is 23.9 Å². The Balaban J connectivity index is 0.000000281. The smallest absolute Gasteiger partial charge is 0.338 e. The molecular formula is C44H52O8. The number of rotatable bonds is 18. The van der Waals surface area contributed by atoms with E-state index in [4.69, 9.17) is 18.9 Å². The van der Waals surface area contributed by atoms with Gasteiger partial charge in [0.25, 0.3) is 0 Å². The van der Waals surface area contributed by atoms with Crippen LogP contribution in [-0.2, 0) is 18.9 Å². The van der Waals surface area contributed by atoms with E-state index in [1.807, 2.05) is 69.3 Å². The van der Waals surface area contributed by atoms with E-state index in [9.17, 15) is 19.2 Å². The second-order valence-electron chi connectivity index (χ2n) is 12.4. The maximum absolute atomic E-state index is 12.4. The average molecular weight is 709 g/mol. The molecule has 0 aliphatic rings. The van der Waals surface area contributed by atoms with Crippen LogP contribution in [0, 0.1) is 11.8 Å². The largest absolute Gasteiger partial charge is 0.462 e. The molecule has 276 valence electrons. The summed E-state index contributed by atoms with van der Waals surface area (Å²) in [5, 5.41) is 0. The molecule has 0 fully saturated rings. The van der Waals surface area contributed by atoms with E-state index in [1.54, 1.807) is 72.8 Å². The summed E-state index contributed by atoms with van der Waals surface area (Å²) < 4.78 is 22.3. The van der Waals surface area contributed by atoms with E-state index in [0.717, 1.165) is 25.7 Å². The number of hydrogen-bond donors (Lipinski definition) is 0. The first-order valence-electron chi connectivity index (χ1n) is 18.3. The minimum Gasteiger partial charge on any atom is -0.462 e. The predicted molar refractivity (Wildman–Crippen MR) is 202 cm³/mol. The normalized spacial score (nSPS) is 12.8. The zero-order valence-corrected chi connectivity index (χ0v) is 30.8. The van der Waals surface area contributed by atoms with Gasteiger partial charge in [-0.2, -0.15) is 0 Å². The van der Waals surface area contributed by atoms with Crippen molar-refractivity contribution >= 4 is 23.9 Å². The van der Waals surface area contributed by atoms with Crippen LogP contribution < -0.4 is 0 Å². The molecule has 0 saturated carbocycles. The van der Waals surface area contributed by atoms with Crippen molar-refractivity contribution in [3.05, 3.63) is 144 Å². The van der Waals surface area contributed by atoms with Gasteiger partial charge in [0.2, 0.25) is 0 Å². The molecule has 0 heterocycles. The molecule has 4 unspecified atom stereocenters. The zero-order valence-electron chi connectivity index (χ0n) is 30.8. The molecule has 8 heteroatoms. The van der Waals surface area contributed by atoms with Gasteiger partial charge in [0.15, 0.2) is 0 Å². The number of benzene rings is 4. The molecule has 4 rings (SSSR count). The standard InChI is InChI=1S/C23H28O4.C21H24O4/c1-3-5-12-20(17-26-22(24)18-13-8-6-9-14-18)21(4-2)27-23(25)19-15-10-7-11-16-19;1-3-16(15-24-20(22)17-11-7-5-8-12-17)19(4-2)25-21(23)18-13-9-6-10-14-18/h6-11,13-16,20-21H,3-5,12,17H2,1-2H3;5-14,16,19H,3-4,15H2,1-2H3. The Morgan fingerprint density at radius 3 is 1.10 bits per heavy atom. The van der Waals surface area contributed by atoms with E-state index in [-0.39, 0.29) is 61.1 Å². The van der Waals surface area contributed by atoms with Crippen molar-refractivity contribution in [1.82, 2.24) is 0 Å². The third-order valence-electron chi connectivity index (χ3n) is 8.72. The van der Waals surface area contributed by atoms with E-state index in [1.165, 1.54) is 0 Å². The van der Waals surface area contributed by atoms with E-state index in [0.29, 0.717) is 35.1 Å². The number of unbranched alkanes of at least 4 members (excludes halogenated alkanes) is 1. The predicted octanol–water partition coefficient (Wildman–Crippen LogP) is 9.79. The lowest BCUT2D eigenvalue weighted by atomic mass is 9.94. The summed E-state index contributed by atoms with van der Waals surface area (Å²) in [5.74, 6) is -1.44. The fourth-order valence-corrected chi connectivity index (χ4v) is 5.60. The third kappa shape index (κ3) is 13.8. The van der Waals surface area contributed by atoms with Crippen molar-refractivity contribution < 1.29 is 38.1 Å². The monoisotopic (exact) mass is 708 g/mol. The number of carbonyl (C=O) groups is 4. The number of esters is 4. The maximum Gasteiger partial charge on any atom is 0.338 e. The number of hydrogen-bond acceptors (Lipinski definition) is 8. The molecule has 52 heavy (non-hydrogen) atoms. The zero-order chi connectivity index (χ0) is 37.6. The fraction of sp³-hybridized carbons (Fsp3) is 0.364. The highest BCUT2D eigenvalue weighted by molar-refractivity contribution is 5.91. The summed E-state index contributed by atoms with van der Waals surface area (Å²) >= 11 is 0. The molecule has 0 aliphatic heterocycles. The fourth-order valence-electron chi connectivity index (χ4n) is 5.60. The lowest BCUT2D eigenvalue weighted by Gasteiger charge is -2.26. The van der Waals surface area contributed by atoms with Crippen LogP contribution in [0.4, 0.5) is 0 Å². The van der Waals surface area contributed by atoms with Crippen molar-refractivity contribution in [3.63, 3.8) is 0 Å². The van der Waals surface area contributed by atoms with Gasteiger partial charge in [0, 0.05) is 11.8 Å². The Morgan fingerprint density at radius 2 is 0.769 bits per heavy atom. The van der Waals surface area contributed by atoms with Crippen molar-refractivity contribution in [3.8, 4) is 0 Å². The lowest BCUT2D eigenvalue weighted by molar-refractivity contribution is -0.00841. The lowest BCUT2D eigenvalue weighted by Crippen LogP contribution is -2.31.